The Bertz CT molecular complexity index is 219. The van der Waals surface area contributed by atoms with Crippen LogP contribution in [0.25, 0.3) is 0 Å². The summed E-state index contributed by atoms with van der Waals surface area (Å²) < 4.78 is 16.7. The van der Waals surface area contributed by atoms with Crippen LogP contribution in [-0.4, -0.2) is 44.0 Å². The van der Waals surface area contributed by atoms with Gasteiger partial charge in [-0.25, -0.2) is 0 Å². The van der Waals surface area contributed by atoms with Crippen molar-refractivity contribution >= 4 is 15.9 Å². The van der Waals surface area contributed by atoms with Gasteiger partial charge in [0.1, 0.15) is 0 Å². The molecule has 2 fully saturated rings. The number of methoxy groups -OCH3 is 1. The summed E-state index contributed by atoms with van der Waals surface area (Å²) in [5.74, 6) is 0.795. The molecule has 0 aromatic heterocycles. The van der Waals surface area contributed by atoms with Crippen LogP contribution in [-0.2, 0) is 14.2 Å². The normalized spacial score (nSPS) is 33.9. The van der Waals surface area contributed by atoms with Gasteiger partial charge in [0.2, 0.25) is 0 Å². The summed E-state index contributed by atoms with van der Waals surface area (Å²) in [7, 11) is 1.70. The molecule has 0 amide bonds. The van der Waals surface area contributed by atoms with Gasteiger partial charge in [0.25, 0.3) is 0 Å². The van der Waals surface area contributed by atoms with Crippen LogP contribution < -0.4 is 0 Å². The molecule has 0 spiro atoms. The van der Waals surface area contributed by atoms with E-state index in [0.717, 1.165) is 18.9 Å². The van der Waals surface area contributed by atoms with Gasteiger partial charge >= 0.3 is 0 Å². The summed E-state index contributed by atoms with van der Waals surface area (Å²) in [6.45, 7) is 2.24. The molecule has 0 radical (unpaired) electrons. The number of rotatable bonds is 7. The molecular formula is C13H23BrO3. The highest BCUT2D eigenvalue weighted by molar-refractivity contribution is 9.09. The fourth-order valence-electron chi connectivity index (χ4n) is 2.61. The summed E-state index contributed by atoms with van der Waals surface area (Å²) >= 11 is 3.63. The first kappa shape index (κ1) is 13.8. The van der Waals surface area contributed by atoms with Crippen LogP contribution in [0.2, 0.25) is 0 Å². The van der Waals surface area contributed by atoms with Gasteiger partial charge in [0.15, 0.2) is 0 Å². The molecular weight excluding hydrogens is 284 g/mol. The van der Waals surface area contributed by atoms with Gasteiger partial charge in [0, 0.05) is 18.5 Å². The van der Waals surface area contributed by atoms with Crippen molar-refractivity contribution in [3.05, 3.63) is 0 Å². The third-order valence-corrected chi connectivity index (χ3v) is 4.69. The predicted octanol–water partition coefficient (Wildman–Crippen LogP) is 2.76. The van der Waals surface area contributed by atoms with Crippen LogP contribution in [0, 0.1) is 5.92 Å². The molecule has 17 heavy (non-hydrogen) atoms. The summed E-state index contributed by atoms with van der Waals surface area (Å²) in [5.41, 5.74) is 0. The SMILES string of the molecule is COCCOC1C(Br)CC1OCC1CCCC1. The highest BCUT2D eigenvalue weighted by Crippen LogP contribution is 2.34. The Morgan fingerprint density at radius 1 is 1.12 bits per heavy atom. The summed E-state index contributed by atoms with van der Waals surface area (Å²) in [6, 6.07) is 0. The molecule has 2 aliphatic rings. The summed E-state index contributed by atoms with van der Waals surface area (Å²) in [4.78, 5) is 0.452. The Morgan fingerprint density at radius 2 is 1.88 bits per heavy atom. The Balaban J connectivity index is 1.62. The Hall–Kier alpha value is 0.360. The maximum absolute atomic E-state index is 5.98. The average molecular weight is 307 g/mol. The highest BCUT2D eigenvalue weighted by Gasteiger charge is 2.41. The third-order valence-electron chi connectivity index (χ3n) is 3.80. The maximum Gasteiger partial charge on any atom is 0.0963 e. The number of ether oxygens (including phenoxy) is 3. The molecule has 2 saturated carbocycles. The van der Waals surface area contributed by atoms with Gasteiger partial charge in [-0.1, -0.05) is 28.8 Å². The minimum atomic E-state index is 0.214. The molecule has 3 nitrogen and oxygen atoms in total. The molecule has 0 bridgehead atoms. The maximum atomic E-state index is 5.98. The van der Waals surface area contributed by atoms with Crippen LogP contribution >= 0.6 is 15.9 Å². The van der Waals surface area contributed by atoms with E-state index in [-0.39, 0.29) is 12.2 Å². The third kappa shape index (κ3) is 3.91. The number of hydrogen-bond acceptors (Lipinski definition) is 3. The van der Waals surface area contributed by atoms with Crippen LogP contribution in [0.5, 0.6) is 0 Å². The number of alkyl halides is 1. The second-order valence-electron chi connectivity index (χ2n) is 5.10. The molecule has 4 heteroatoms. The lowest BCUT2D eigenvalue weighted by atomic mass is 9.91. The molecule has 0 aliphatic heterocycles. The Labute approximate surface area is 112 Å². The molecule has 100 valence electrons. The van der Waals surface area contributed by atoms with Crippen molar-refractivity contribution in [2.45, 2.75) is 49.1 Å². The molecule has 0 aromatic carbocycles. The average Bonchev–Trinajstić information content (AvgIpc) is 2.83. The van der Waals surface area contributed by atoms with E-state index in [9.17, 15) is 0 Å². The zero-order chi connectivity index (χ0) is 12.1. The first-order valence-electron chi connectivity index (χ1n) is 6.67. The number of hydrogen-bond donors (Lipinski definition) is 0. The second-order valence-corrected chi connectivity index (χ2v) is 6.28. The zero-order valence-corrected chi connectivity index (χ0v) is 12.2. The van der Waals surface area contributed by atoms with Crippen molar-refractivity contribution in [1.82, 2.24) is 0 Å². The monoisotopic (exact) mass is 306 g/mol. The molecule has 0 saturated heterocycles. The van der Waals surface area contributed by atoms with Crippen molar-refractivity contribution in [1.29, 1.82) is 0 Å². The second kappa shape index (κ2) is 7.07. The first-order chi connectivity index (χ1) is 8.31. The van der Waals surface area contributed by atoms with E-state index in [1.807, 2.05) is 0 Å². The summed E-state index contributed by atoms with van der Waals surface area (Å²) in [6.07, 6.45) is 7.04. The lowest BCUT2D eigenvalue weighted by molar-refractivity contribution is -0.132. The van der Waals surface area contributed by atoms with Crippen molar-refractivity contribution < 1.29 is 14.2 Å². The first-order valence-corrected chi connectivity index (χ1v) is 7.59. The van der Waals surface area contributed by atoms with Gasteiger partial charge < -0.3 is 14.2 Å². The highest BCUT2D eigenvalue weighted by atomic mass is 79.9. The van der Waals surface area contributed by atoms with Gasteiger partial charge in [-0.2, -0.15) is 0 Å². The van der Waals surface area contributed by atoms with Crippen LogP contribution in [0.15, 0.2) is 0 Å². The lowest BCUT2D eigenvalue weighted by Crippen LogP contribution is -2.51. The Kier molecular flexibility index (Phi) is 5.74. The van der Waals surface area contributed by atoms with E-state index < -0.39 is 0 Å². The van der Waals surface area contributed by atoms with Crippen LogP contribution in [0.3, 0.4) is 0 Å². The molecule has 2 rings (SSSR count). The molecule has 0 N–H and O–H groups in total. The molecule has 0 aromatic rings. The standard InChI is InChI=1S/C13H23BrO3/c1-15-6-7-16-13-11(14)8-12(13)17-9-10-4-2-3-5-10/h10-13H,2-9H2,1H3. The fourth-order valence-corrected chi connectivity index (χ4v) is 3.47. The van der Waals surface area contributed by atoms with Gasteiger partial charge in [-0.15, -0.1) is 0 Å². The summed E-state index contributed by atoms with van der Waals surface area (Å²) in [5, 5.41) is 0. The largest absolute Gasteiger partial charge is 0.382 e. The smallest absolute Gasteiger partial charge is 0.0963 e. The van der Waals surface area contributed by atoms with Gasteiger partial charge in [-0.3, -0.25) is 0 Å². The van der Waals surface area contributed by atoms with Crippen molar-refractivity contribution in [2.75, 3.05) is 26.9 Å². The van der Waals surface area contributed by atoms with E-state index in [2.05, 4.69) is 15.9 Å². The minimum Gasteiger partial charge on any atom is -0.382 e. The molecule has 3 unspecified atom stereocenters. The lowest BCUT2D eigenvalue weighted by Gasteiger charge is -2.41. The molecule has 3 atom stereocenters. The van der Waals surface area contributed by atoms with E-state index in [1.165, 1.54) is 25.7 Å². The minimum absolute atomic E-state index is 0.214. The van der Waals surface area contributed by atoms with Gasteiger partial charge in [-0.05, 0) is 25.2 Å². The molecule has 0 heterocycles. The number of halogens is 1. The van der Waals surface area contributed by atoms with E-state index >= 15 is 0 Å². The quantitative estimate of drug-likeness (QED) is 0.535. The molecule has 2 aliphatic carbocycles. The van der Waals surface area contributed by atoms with Crippen LogP contribution in [0.1, 0.15) is 32.1 Å². The van der Waals surface area contributed by atoms with Crippen LogP contribution in [0.4, 0.5) is 0 Å². The van der Waals surface area contributed by atoms with E-state index in [1.54, 1.807) is 7.11 Å². The van der Waals surface area contributed by atoms with Gasteiger partial charge in [0.05, 0.1) is 25.4 Å². The fraction of sp³-hybridized carbons (Fsp3) is 1.00. The van der Waals surface area contributed by atoms with Crippen molar-refractivity contribution in [3.8, 4) is 0 Å². The van der Waals surface area contributed by atoms with Crippen molar-refractivity contribution in [3.63, 3.8) is 0 Å². The zero-order valence-electron chi connectivity index (χ0n) is 10.6. The predicted molar refractivity (Wildman–Crippen MR) is 70.6 cm³/mol. The van der Waals surface area contributed by atoms with Crippen molar-refractivity contribution in [2.24, 2.45) is 5.92 Å². The van der Waals surface area contributed by atoms with E-state index in [4.69, 9.17) is 14.2 Å². The topological polar surface area (TPSA) is 27.7 Å². The Morgan fingerprint density at radius 3 is 2.53 bits per heavy atom. The van der Waals surface area contributed by atoms with E-state index in [0.29, 0.717) is 18.0 Å².